The van der Waals surface area contributed by atoms with Gasteiger partial charge in [0.15, 0.2) is 5.96 Å². The first-order valence-electron chi connectivity index (χ1n) is 9.57. The number of carbonyl (C=O) groups is 1. The van der Waals surface area contributed by atoms with Crippen LogP contribution in [0, 0.1) is 0 Å². The molecule has 2 heterocycles. The van der Waals surface area contributed by atoms with Crippen molar-refractivity contribution >= 4 is 17.6 Å². The van der Waals surface area contributed by atoms with Crippen molar-refractivity contribution in [3.8, 4) is 5.75 Å². The Morgan fingerprint density at radius 3 is 2.82 bits per heavy atom. The fraction of sp³-hybridized carbons (Fsp3) is 0.450. The van der Waals surface area contributed by atoms with Gasteiger partial charge in [0.25, 0.3) is 0 Å². The van der Waals surface area contributed by atoms with Crippen LogP contribution in [0.15, 0.2) is 41.7 Å². The summed E-state index contributed by atoms with van der Waals surface area (Å²) >= 11 is 0. The molecule has 1 saturated heterocycles. The summed E-state index contributed by atoms with van der Waals surface area (Å²) in [6.45, 7) is 4.97. The van der Waals surface area contributed by atoms with E-state index in [0.717, 1.165) is 35.9 Å². The molecule has 1 fully saturated rings. The molecular formula is C20H28N6O2. The summed E-state index contributed by atoms with van der Waals surface area (Å²) in [5.74, 6) is 1.71. The zero-order valence-corrected chi connectivity index (χ0v) is 16.8. The molecule has 1 aliphatic rings. The van der Waals surface area contributed by atoms with Crippen LogP contribution in [0.3, 0.4) is 0 Å². The number of hydrogen-bond donors (Lipinski definition) is 1. The number of para-hydroxylation sites is 1. The lowest BCUT2D eigenvalue weighted by Gasteiger charge is -2.35. The molecule has 28 heavy (non-hydrogen) atoms. The predicted molar refractivity (Wildman–Crippen MR) is 110 cm³/mol. The number of anilines is 1. The molecule has 0 atom stereocenters. The van der Waals surface area contributed by atoms with E-state index in [1.54, 1.807) is 22.8 Å². The van der Waals surface area contributed by atoms with E-state index < -0.39 is 0 Å². The Morgan fingerprint density at radius 1 is 1.32 bits per heavy atom. The van der Waals surface area contributed by atoms with E-state index in [2.05, 4.69) is 21.5 Å². The van der Waals surface area contributed by atoms with Crippen molar-refractivity contribution in [2.75, 3.05) is 44.7 Å². The number of amides is 1. The van der Waals surface area contributed by atoms with Gasteiger partial charge in [-0.05, 0) is 25.0 Å². The van der Waals surface area contributed by atoms with Crippen LogP contribution in [-0.2, 0) is 18.3 Å². The van der Waals surface area contributed by atoms with E-state index in [4.69, 9.17) is 4.74 Å². The number of aryl methyl sites for hydroxylation is 1. The molecule has 0 aliphatic carbocycles. The minimum absolute atomic E-state index is 0.0453. The summed E-state index contributed by atoms with van der Waals surface area (Å²) in [5, 5.41) is 7.52. The Labute approximate surface area is 165 Å². The van der Waals surface area contributed by atoms with Crippen LogP contribution in [0.2, 0.25) is 0 Å². The predicted octanol–water partition coefficient (Wildman–Crippen LogP) is 1.29. The number of aromatic nitrogens is 2. The largest absolute Gasteiger partial charge is 0.494 e. The molecule has 150 valence electrons. The van der Waals surface area contributed by atoms with E-state index in [9.17, 15) is 4.79 Å². The molecule has 0 saturated carbocycles. The van der Waals surface area contributed by atoms with E-state index in [-0.39, 0.29) is 5.91 Å². The maximum atomic E-state index is 12.6. The molecular weight excluding hydrogens is 356 g/mol. The highest BCUT2D eigenvalue weighted by Crippen LogP contribution is 2.18. The van der Waals surface area contributed by atoms with Gasteiger partial charge >= 0.3 is 0 Å². The second kappa shape index (κ2) is 9.25. The van der Waals surface area contributed by atoms with Crippen molar-refractivity contribution in [2.24, 2.45) is 12.0 Å². The van der Waals surface area contributed by atoms with E-state index in [1.165, 1.54) is 0 Å². The summed E-state index contributed by atoms with van der Waals surface area (Å²) in [6.07, 6.45) is 4.39. The molecule has 1 amide bonds. The van der Waals surface area contributed by atoms with Gasteiger partial charge in [0.05, 0.1) is 18.5 Å². The van der Waals surface area contributed by atoms with Gasteiger partial charge in [0.2, 0.25) is 5.91 Å². The summed E-state index contributed by atoms with van der Waals surface area (Å²) in [5.41, 5.74) is 1.99. The van der Waals surface area contributed by atoms with Gasteiger partial charge in [-0.1, -0.05) is 18.2 Å². The lowest BCUT2D eigenvalue weighted by Crippen LogP contribution is -2.55. The Morgan fingerprint density at radius 2 is 2.14 bits per heavy atom. The molecule has 2 aromatic rings. The van der Waals surface area contributed by atoms with Crippen LogP contribution in [0.5, 0.6) is 5.75 Å². The molecule has 3 rings (SSSR count). The molecule has 1 aliphatic heterocycles. The van der Waals surface area contributed by atoms with E-state index >= 15 is 0 Å². The number of benzene rings is 1. The molecule has 8 nitrogen and oxygen atoms in total. The highest BCUT2D eigenvalue weighted by atomic mass is 16.5. The van der Waals surface area contributed by atoms with E-state index in [0.29, 0.717) is 26.2 Å². The standard InChI is InChI=1S/C20H28N6O2/c1-4-28-18-8-6-5-7-16(18)9-10-22-20(21-2)25-11-12-26(19(27)15-25)17-13-23-24(3)14-17/h5-8,13-14H,4,9-12,15H2,1-3H3,(H,21,22). The van der Waals surface area contributed by atoms with Gasteiger partial charge in [-0.25, -0.2) is 0 Å². The number of aliphatic imine (C=N–C) groups is 1. The maximum Gasteiger partial charge on any atom is 0.246 e. The van der Waals surface area contributed by atoms with Gasteiger partial charge in [-0.2, -0.15) is 5.10 Å². The molecule has 0 radical (unpaired) electrons. The Bertz CT molecular complexity index is 832. The van der Waals surface area contributed by atoms with Crippen molar-refractivity contribution in [3.05, 3.63) is 42.2 Å². The quantitative estimate of drug-likeness (QED) is 0.600. The number of nitrogens with zero attached hydrogens (tertiary/aromatic N) is 5. The van der Waals surface area contributed by atoms with Crippen LogP contribution < -0.4 is 15.0 Å². The van der Waals surface area contributed by atoms with Crippen molar-refractivity contribution in [3.63, 3.8) is 0 Å². The number of rotatable bonds is 6. The SMILES string of the molecule is CCOc1ccccc1CCNC(=NC)N1CCN(c2cnn(C)c2)C(=O)C1. The van der Waals surface area contributed by atoms with Crippen LogP contribution in [-0.4, -0.2) is 66.4 Å². The lowest BCUT2D eigenvalue weighted by atomic mass is 10.1. The van der Waals surface area contributed by atoms with Crippen molar-refractivity contribution in [2.45, 2.75) is 13.3 Å². The summed E-state index contributed by atoms with van der Waals surface area (Å²) in [4.78, 5) is 20.7. The Balaban J connectivity index is 1.54. The summed E-state index contributed by atoms with van der Waals surface area (Å²) in [6, 6.07) is 8.06. The van der Waals surface area contributed by atoms with Gasteiger partial charge < -0.3 is 19.9 Å². The number of hydrogen-bond acceptors (Lipinski definition) is 4. The van der Waals surface area contributed by atoms with Crippen LogP contribution in [0.1, 0.15) is 12.5 Å². The maximum absolute atomic E-state index is 12.6. The van der Waals surface area contributed by atoms with Crippen LogP contribution >= 0.6 is 0 Å². The molecule has 1 N–H and O–H groups in total. The zero-order valence-electron chi connectivity index (χ0n) is 16.8. The first-order chi connectivity index (χ1) is 13.6. The molecule has 1 aromatic carbocycles. The molecule has 1 aromatic heterocycles. The van der Waals surface area contributed by atoms with Crippen molar-refractivity contribution in [1.82, 2.24) is 20.0 Å². The first-order valence-corrected chi connectivity index (χ1v) is 9.57. The molecule has 8 heteroatoms. The number of piperazine rings is 1. The lowest BCUT2D eigenvalue weighted by molar-refractivity contribution is -0.120. The highest BCUT2D eigenvalue weighted by molar-refractivity contribution is 5.98. The minimum Gasteiger partial charge on any atom is -0.494 e. The third-order valence-electron chi connectivity index (χ3n) is 4.68. The summed E-state index contributed by atoms with van der Waals surface area (Å²) < 4.78 is 7.39. The van der Waals surface area contributed by atoms with Crippen LogP contribution in [0.4, 0.5) is 5.69 Å². The zero-order chi connectivity index (χ0) is 19.9. The molecule has 0 spiro atoms. The fourth-order valence-corrected chi connectivity index (χ4v) is 3.32. The van der Waals surface area contributed by atoms with Crippen molar-refractivity contribution < 1.29 is 9.53 Å². The molecule has 0 unspecified atom stereocenters. The summed E-state index contributed by atoms with van der Waals surface area (Å²) in [7, 11) is 3.59. The minimum atomic E-state index is 0.0453. The molecule has 0 bridgehead atoms. The number of guanidine groups is 1. The normalized spacial score (nSPS) is 15.1. The van der Waals surface area contributed by atoms with Crippen molar-refractivity contribution in [1.29, 1.82) is 0 Å². The van der Waals surface area contributed by atoms with Crippen LogP contribution in [0.25, 0.3) is 0 Å². The fourth-order valence-electron chi connectivity index (χ4n) is 3.32. The Hall–Kier alpha value is -3.03. The van der Waals surface area contributed by atoms with E-state index in [1.807, 2.05) is 43.3 Å². The average molecular weight is 384 g/mol. The number of nitrogens with one attached hydrogen (secondary N) is 1. The monoisotopic (exact) mass is 384 g/mol. The third-order valence-corrected chi connectivity index (χ3v) is 4.68. The Kier molecular flexibility index (Phi) is 6.52. The van der Waals surface area contributed by atoms with Gasteiger partial charge in [-0.15, -0.1) is 0 Å². The van der Waals surface area contributed by atoms with Gasteiger partial charge in [0, 0.05) is 39.9 Å². The van der Waals surface area contributed by atoms with Gasteiger partial charge in [0.1, 0.15) is 12.3 Å². The second-order valence-electron chi connectivity index (χ2n) is 6.60. The second-order valence-corrected chi connectivity index (χ2v) is 6.60. The highest BCUT2D eigenvalue weighted by Gasteiger charge is 2.27. The first kappa shape index (κ1) is 19.7. The van der Waals surface area contributed by atoms with Gasteiger partial charge in [-0.3, -0.25) is 14.5 Å². The third kappa shape index (κ3) is 4.62. The average Bonchev–Trinajstić information content (AvgIpc) is 3.12. The number of ether oxygens (including phenoxy) is 1. The smallest absolute Gasteiger partial charge is 0.246 e. The topological polar surface area (TPSA) is 75.0 Å². The number of carbonyl (C=O) groups excluding carboxylic acids is 1.